The Bertz CT molecular complexity index is 785. The molecule has 2 aromatic rings. The molecule has 28 heavy (non-hydrogen) atoms. The fourth-order valence-electron chi connectivity index (χ4n) is 3.00. The van der Waals surface area contributed by atoms with E-state index in [1.54, 1.807) is 0 Å². The van der Waals surface area contributed by atoms with Gasteiger partial charge in [0.05, 0.1) is 22.2 Å². The molecule has 3 rings (SSSR count). The van der Waals surface area contributed by atoms with Crippen LogP contribution >= 0.6 is 23.1 Å². The second-order valence-corrected chi connectivity index (χ2v) is 8.84. The highest BCUT2D eigenvalue weighted by Crippen LogP contribution is 2.27. The minimum Gasteiger partial charge on any atom is -0.355 e. The zero-order valence-corrected chi connectivity index (χ0v) is 17.3. The van der Waals surface area contributed by atoms with Crippen molar-refractivity contribution >= 4 is 40.6 Å². The average Bonchev–Trinajstić information content (AvgIpc) is 3.10. The predicted octanol–water partition coefficient (Wildman–Crippen LogP) is 3.58. The molecule has 0 bridgehead atoms. The molecule has 0 unspecified atom stereocenters. The third-order valence-electron chi connectivity index (χ3n) is 4.37. The van der Waals surface area contributed by atoms with Crippen LogP contribution in [-0.2, 0) is 28.9 Å². The predicted molar refractivity (Wildman–Crippen MR) is 112 cm³/mol. The Balaban J connectivity index is 1.26. The first kappa shape index (κ1) is 20.8. The van der Waals surface area contributed by atoms with Crippen molar-refractivity contribution in [1.29, 1.82) is 0 Å². The number of aromatic nitrogens is 1. The summed E-state index contributed by atoms with van der Waals surface area (Å²) in [4.78, 5) is 29.8. The fourth-order valence-corrected chi connectivity index (χ4v) is 4.84. The monoisotopic (exact) mass is 421 g/mol. The van der Waals surface area contributed by atoms with E-state index in [2.05, 4.69) is 10.6 Å². The van der Waals surface area contributed by atoms with Gasteiger partial charge in [-0.2, -0.15) is 0 Å². The van der Waals surface area contributed by atoms with Crippen LogP contribution < -0.4 is 10.6 Å². The first-order valence-electron chi connectivity index (χ1n) is 9.47. The number of hydrogen-bond acceptors (Lipinski definition) is 5. The van der Waals surface area contributed by atoms with E-state index in [0.717, 1.165) is 25.7 Å². The number of benzene rings is 1. The topological polar surface area (TPSA) is 71.1 Å². The third kappa shape index (κ3) is 6.60. The Morgan fingerprint density at radius 2 is 1.86 bits per heavy atom. The van der Waals surface area contributed by atoms with Crippen LogP contribution in [0.25, 0.3) is 0 Å². The van der Waals surface area contributed by atoms with E-state index >= 15 is 0 Å². The lowest BCUT2D eigenvalue weighted by Gasteiger charge is -2.06. The van der Waals surface area contributed by atoms with E-state index < -0.39 is 0 Å². The van der Waals surface area contributed by atoms with Crippen LogP contribution in [0, 0.1) is 5.82 Å². The zero-order valence-electron chi connectivity index (χ0n) is 15.6. The van der Waals surface area contributed by atoms with Gasteiger partial charge in [-0.25, -0.2) is 9.37 Å². The van der Waals surface area contributed by atoms with E-state index in [-0.39, 0.29) is 29.1 Å². The van der Waals surface area contributed by atoms with Crippen molar-refractivity contribution in [3.8, 4) is 0 Å². The SMILES string of the molecule is O=C(CSCC(=O)Nc1ccc(F)cc1)NCCCc1nc2c(s1)CCCC2. The number of rotatable bonds is 9. The second-order valence-electron chi connectivity index (χ2n) is 6.69. The smallest absolute Gasteiger partial charge is 0.234 e. The van der Waals surface area contributed by atoms with Crippen LogP contribution in [0.2, 0.25) is 0 Å². The van der Waals surface area contributed by atoms with Gasteiger partial charge < -0.3 is 10.6 Å². The highest BCUT2D eigenvalue weighted by molar-refractivity contribution is 8.00. The number of nitrogens with zero attached hydrogens (tertiary/aromatic N) is 1. The molecule has 0 atom stereocenters. The molecule has 0 fully saturated rings. The van der Waals surface area contributed by atoms with Crippen molar-refractivity contribution in [2.45, 2.75) is 38.5 Å². The van der Waals surface area contributed by atoms with Gasteiger partial charge in [-0.05, 0) is 56.4 Å². The van der Waals surface area contributed by atoms with E-state index in [9.17, 15) is 14.0 Å². The maximum Gasteiger partial charge on any atom is 0.234 e. The Hall–Kier alpha value is -1.93. The van der Waals surface area contributed by atoms with Gasteiger partial charge in [0.1, 0.15) is 5.82 Å². The molecule has 2 amide bonds. The van der Waals surface area contributed by atoms with Crippen molar-refractivity contribution in [3.05, 3.63) is 45.7 Å². The summed E-state index contributed by atoms with van der Waals surface area (Å²) in [6.07, 6.45) is 6.54. The second kappa shape index (κ2) is 10.6. The Labute approximate surface area is 172 Å². The van der Waals surface area contributed by atoms with Crippen molar-refractivity contribution in [1.82, 2.24) is 10.3 Å². The Kier molecular flexibility index (Phi) is 7.85. The molecule has 0 radical (unpaired) electrons. The molecule has 1 aliphatic carbocycles. The molecule has 0 saturated carbocycles. The van der Waals surface area contributed by atoms with Crippen LogP contribution in [0.4, 0.5) is 10.1 Å². The van der Waals surface area contributed by atoms with E-state index in [0.29, 0.717) is 12.2 Å². The number of amides is 2. The van der Waals surface area contributed by atoms with Crippen molar-refractivity contribution in [2.24, 2.45) is 0 Å². The minimum absolute atomic E-state index is 0.0713. The average molecular weight is 422 g/mol. The van der Waals surface area contributed by atoms with Gasteiger partial charge in [-0.3, -0.25) is 9.59 Å². The lowest BCUT2D eigenvalue weighted by Crippen LogP contribution is -2.27. The summed E-state index contributed by atoms with van der Waals surface area (Å²) in [7, 11) is 0. The molecule has 150 valence electrons. The largest absolute Gasteiger partial charge is 0.355 e. The Morgan fingerprint density at radius 1 is 1.11 bits per heavy atom. The van der Waals surface area contributed by atoms with Crippen molar-refractivity contribution < 1.29 is 14.0 Å². The first-order chi connectivity index (χ1) is 13.6. The summed E-state index contributed by atoms with van der Waals surface area (Å²) in [5.74, 6) is -0.216. The van der Waals surface area contributed by atoms with Crippen LogP contribution in [0.5, 0.6) is 0 Å². The number of fused-ring (bicyclic) bond motifs is 1. The zero-order chi connectivity index (χ0) is 19.8. The van der Waals surface area contributed by atoms with Crippen LogP contribution in [0.1, 0.15) is 34.8 Å². The maximum atomic E-state index is 12.8. The molecule has 1 aliphatic rings. The number of carbonyl (C=O) groups is 2. The minimum atomic E-state index is -0.349. The summed E-state index contributed by atoms with van der Waals surface area (Å²) in [6.45, 7) is 0.616. The number of anilines is 1. The lowest BCUT2D eigenvalue weighted by atomic mass is 10.0. The molecule has 2 N–H and O–H groups in total. The molecule has 1 aromatic carbocycles. The van der Waals surface area contributed by atoms with Crippen LogP contribution in [0.15, 0.2) is 24.3 Å². The van der Waals surface area contributed by atoms with Gasteiger partial charge in [0.25, 0.3) is 0 Å². The first-order valence-corrected chi connectivity index (χ1v) is 11.4. The lowest BCUT2D eigenvalue weighted by molar-refractivity contribution is -0.118. The summed E-state index contributed by atoms with van der Waals surface area (Å²) in [5.41, 5.74) is 1.82. The standard InChI is InChI=1S/C20H24FN3O2S2/c21-14-7-9-15(10-8-14)23-19(26)13-27-12-18(25)22-11-3-6-20-24-16-4-1-2-5-17(16)28-20/h7-10H,1-6,11-13H2,(H,22,25)(H,23,26). The van der Waals surface area contributed by atoms with Gasteiger partial charge in [-0.15, -0.1) is 23.1 Å². The molecular formula is C20H24FN3O2S2. The molecule has 0 aliphatic heterocycles. The molecule has 0 spiro atoms. The molecule has 0 saturated heterocycles. The molecule has 1 aromatic heterocycles. The summed E-state index contributed by atoms with van der Waals surface area (Å²) in [5, 5.41) is 6.73. The number of aryl methyl sites for hydroxylation is 3. The Morgan fingerprint density at radius 3 is 2.64 bits per heavy atom. The quantitative estimate of drug-likeness (QED) is 0.607. The van der Waals surface area contributed by atoms with E-state index in [4.69, 9.17) is 4.98 Å². The third-order valence-corrected chi connectivity index (χ3v) is 6.52. The summed E-state index contributed by atoms with van der Waals surface area (Å²) < 4.78 is 12.8. The highest BCUT2D eigenvalue weighted by Gasteiger charge is 2.14. The van der Waals surface area contributed by atoms with Gasteiger partial charge in [0.2, 0.25) is 11.8 Å². The summed E-state index contributed by atoms with van der Waals surface area (Å²) in [6, 6.07) is 5.58. The fraction of sp³-hybridized carbons (Fsp3) is 0.450. The van der Waals surface area contributed by atoms with E-state index in [1.807, 2.05) is 11.3 Å². The molecular weight excluding hydrogens is 397 g/mol. The summed E-state index contributed by atoms with van der Waals surface area (Å²) >= 11 is 3.08. The number of halogens is 1. The van der Waals surface area contributed by atoms with Gasteiger partial charge in [-0.1, -0.05) is 0 Å². The number of carbonyl (C=O) groups excluding carboxylic acids is 2. The molecule has 5 nitrogen and oxygen atoms in total. The van der Waals surface area contributed by atoms with Crippen molar-refractivity contribution in [2.75, 3.05) is 23.4 Å². The molecule has 8 heteroatoms. The number of thiazole rings is 1. The number of thioether (sulfide) groups is 1. The number of hydrogen-bond donors (Lipinski definition) is 2. The normalized spacial score (nSPS) is 13.0. The van der Waals surface area contributed by atoms with Gasteiger partial charge in [0.15, 0.2) is 0 Å². The van der Waals surface area contributed by atoms with Gasteiger partial charge in [0, 0.05) is 23.5 Å². The highest BCUT2D eigenvalue weighted by atomic mass is 32.2. The van der Waals surface area contributed by atoms with Gasteiger partial charge >= 0.3 is 0 Å². The van der Waals surface area contributed by atoms with Crippen molar-refractivity contribution in [3.63, 3.8) is 0 Å². The van der Waals surface area contributed by atoms with E-state index in [1.165, 1.54) is 64.4 Å². The maximum absolute atomic E-state index is 12.8. The van der Waals surface area contributed by atoms with Crippen LogP contribution in [-0.4, -0.2) is 34.8 Å². The number of nitrogens with one attached hydrogen (secondary N) is 2. The van der Waals surface area contributed by atoms with Crippen LogP contribution in [0.3, 0.4) is 0 Å². The molecule has 1 heterocycles.